The molecule has 2 aromatic carbocycles. The number of nitrogens with zero attached hydrogens (tertiary/aromatic N) is 1. The molecule has 21 heavy (non-hydrogen) atoms. The first-order chi connectivity index (χ1) is 10.1. The first-order valence-corrected chi connectivity index (χ1v) is 6.84. The van der Waals surface area contributed by atoms with Crippen LogP contribution in [-0.2, 0) is 0 Å². The minimum absolute atomic E-state index is 0.0906. The van der Waals surface area contributed by atoms with Gasteiger partial charge in [-0.1, -0.05) is 35.9 Å². The predicted molar refractivity (Wildman–Crippen MR) is 78.2 cm³/mol. The molecule has 0 saturated heterocycles. The number of aliphatic hydroxyl groups excluding tert-OH is 1. The number of hydrogen-bond acceptors (Lipinski definition) is 3. The van der Waals surface area contributed by atoms with Crippen LogP contribution in [-0.4, -0.2) is 28.4 Å². The van der Waals surface area contributed by atoms with E-state index in [1.165, 1.54) is 0 Å². The molecule has 0 bridgehead atoms. The molecule has 0 aliphatic carbocycles. The number of aliphatic hydroxyl groups is 1. The highest BCUT2D eigenvalue weighted by atomic mass is 35.5. The fraction of sp³-hybridized carbons (Fsp3) is 0.125. The Morgan fingerprint density at radius 1 is 1.00 bits per heavy atom. The van der Waals surface area contributed by atoms with E-state index < -0.39 is 6.10 Å². The lowest BCUT2D eigenvalue weighted by atomic mass is 10.1. The van der Waals surface area contributed by atoms with Crippen molar-refractivity contribution < 1.29 is 14.7 Å². The standard InChI is InChI=1S/C16H12ClNO3/c17-11-5-3-4-10(8-11)14(19)9-18-15(20)12-6-1-2-7-13(12)16(18)21/h1-8,14,19H,9H2/t14-/m0/s1. The second-order valence-electron chi connectivity index (χ2n) is 4.84. The van der Waals surface area contributed by atoms with Gasteiger partial charge < -0.3 is 5.11 Å². The van der Waals surface area contributed by atoms with E-state index in [-0.39, 0.29) is 18.4 Å². The topological polar surface area (TPSA) is 57.6 Å². The Bertz CT molecular complexity index is 694. The van der Waals surface area contributed by atoms with Gasteiger partial charge in [0.2, 0.25) is 0 Å². The van der Waals surface area contributed by atoms with E-state index in [4.69, 9.17) is 11.6 Å². The molecule has 0 spiro atoms. The number of hydrogen-bond donors (Lipinski definition) is 1. The molecule has 0 aromatic heterocycles. The summed E-state index contributed by atoms with van der Waals surface area (Å²) in [4.78, 5) is 25.5. The molecule has 3 rings (SSSR count). The number of β-amino-alcohol motifs (C(OH)–C–C–N with tert-alkyl or cyclic N) is 1. The van der Waals surface area contributed by atoms with Gasteiger partial charge in [-0.05, 0) is 29.8 Å². The van der Waals surface area contributed by atoms with E-state index >= 15 is 0 Å². The van der Waals surface area contributed by atoms with Crippen molar-refractivity contribution in [2.75, 3.05) is 6.54 Å². The largest absolute Gasteiger partial charge is 0.387 e. The van der Waals surface area contributed by atoms with Gasteiger partial charge >= 0.3 is 0 Å². The molecule has 1 atom stereocenters. The van der Waals surface area contributed by atoms with Crippen molar-refractivity contribution in [1.82, 2.24) is 4.90 Å². The van der Waals surface area contributed by atoms with Crippen LogP contribution in [0.3, 0.4) is 0 Å². The summed E-state index contributed by atoms with van der Waals surface area (Å²) in [5, 5.41) is 10.7. The number of rotatable bonds is 3. The summed E-state index contributed by atoms with van der Waals surface area (Å²) in [6, 6.07) is 13.4. The number of fused-ring (bicyclic) bond motifs is 1. The SMILES string of the molecule is O=C1c2ccccc2C(=O)N1C[C@H](O)c1cccc(Cl)c1. The van der Waals surface area contributed by atoms with Gasteiger partial charge in [0.05, 0.1) is 23.8 Å². The molecular weight excluding hydrogens is 290 g/mol. The maximum absolute atomic E-state index is 12.2. The molecule has 0 radical (unpaired) electrons. The van der Waals surface area contributed by atoms with E-state index in [0.29, 0.717) is 21.7 Å². The van der Waals surface area contributed by atoms with Crippen LogP contribution >= 0.6 is 11.6 Å². The quantitative estimate of drug-likeness (QED) is 0.887. The zero-order chi connectivity index (χ0) is 15.0. The van der Waals surface area contributed by atoms with Gasteiger partial charge in [0, 0.05) is 5.02 Å². The van der Waals surface area contributed by atoms with E-state index in [9.17, 15) is 14.7 Å². The molecule has 1 N–H and O–H groups in total. The lowest BCUT2D eigenvalue weighted by molar-refractivity contribution is 0.0543. The van der Waals surface area contributed by atoms with Gasteiger partial charge in [0.1, 0.15) is 0 Å². The number of imide groups is 1. The van der Waals surface area contributed by atoms with Gasteiger partial charge in [-0.2, -0.15) is 0 Å². The maximum atomic E-state index is 12.2. The van der Waals surface area contributed by atoms with Gasteiger partial charge in [-0.25, -0.2) is 0 Å². The van der Waals surface area contributed by atoms with Crippen LogP contribution in [0.1, 0.15) is 32.4 Å². The molecular formula is C16H12ClNO3. The van der Waals surface area contributed by atoms with Crippen LogP contribution in [0.2, 0.25) is 5.02 Å². The zero-order valence-electron chi connectivity index (χ0n) is 11.0. The third-order valence-corrected chi connectivity index (χ3v) is 3.70. The van der Waals surface area contributed by atoms with E-state index in [1.54, 1.807) is 48.5 Å². The first kappa shape index (κ1) is 13.8. The Hall–Kier alpha value is -2.17. The summed E-state index contributed by atoms with van der Waals surface area (Å²) in [7, 11) is 0. The molecule has 2 amide bonds. The highest BCUT2D eigenvalue weighted by Gasteiger charge is 2.36. The normalized spacial score (nSPS) is 15.2. The van der Waals surface area contributed by atoms with Crippen LogP contribution < -0.4 is 0 Å². The molecule has 0 fully saturated rings. The van der Waals surface area contributed by atoms with Crippen LogP contribution in [0.4, 0.5) is 0 Å². The molecule has 1 aliphatic rings. The first-order valence-electron chi connectivity index (χ1n) is 6.46. The van der Waals surface area contributed by atoms with Crippen molar-refractivity contribution >= 4 is 23.4 Å². The summed E-state index contributed by atoms with van der Waals surface area (Å²) >= 11 is 5.88. The average molecular weight is 302 g/mol. The summed E-state index contributed by atoms with van der Waals surface area (Å²) in [6.45, 7) is -0.0906. The predicted octanol–water partition coefficient (Wildman–Crippen LogP) is 2.67. The van der Waals surface area contributed by atoms with Gasteiger partial charge in [0.15, 0.2) is 0 Å². The zero-order valence-corrected chi connectivity index (χ0v) is 11.7. The molecule has 2 aromatic rings. The number of carbonyl (C=O) groups is 2. The molecule has 5 heteroatoms. The van der Waals surface area contributed by atoms with Crippen LogP contribution in [0.25, 0.3) is 0 Å². The van der Waals surface area contributed by atoms with Crippen molar-refractivity contribution in [3.8, 4) is 0 Å². The smallest absolute Gasteiger partial charge is 0.261 e. The lowest BCUT2D eigenvalue weighted by Gasteiger charge is -2.18. The van der Waals surface area contributed by atoms with Crippen LogP contribution in [0, 0.1) is 0 Å². The van der Waals surface area contributed by atoms with Crippen molar-refractivity contribution in [1.29, 1.82) is 0 Å². The second kappa shape index (κ2) is 5.31. The highest BCUT2D eigenvalue weighted by molar-refractivity contribution is 6.30. The fourth-order valence-electron chi connectivity index (χ4n) is 2.40. The summed E-state index contributed by atoms with van der Waals surface area (Å²) < 4.78 is 0. The second-order valence-corrected chi connectivity index (χ2v) is 5.27. The number of benzene rings is 2. The third kappa shape index (κ3) is 2.44. The summed E-state index contributed by atoms with van der Waals surface area (Å²) in [5.41, 5.74) is 1.32. The van der Waals surface area contributed by atoms with Gasteiger partial charge in [-0.15, -0.1) is 0 Å². The summed E-state index contributed by atoms with van der Waals surface area (Å²) in [5.74, 6) is -0.756. The number of amides is 2. The van der Waals surface area contributed by atoms with E-state index in [1.807, 2.05) is 0 Å². The summed E-state index contributed by atoms with van der Waals surface area (Å²) in [6.07, 6.45) is -0.967. The highest BCUT2D eigenvalue weighted by Crippen LogP contribution is 2.26. The minimum atomic E-state index is -0.967. The monoisotopic (exact) mass is 301 g/mol. The van der Waals surface area contributed by atoms with Crippen molar-refractivity contribution in [3.63, 3.8) is 0 Å². The Kier molecular flexibility index (Phi) is 3.49. The van der Waals surface area contributed by atoms with Crippen LogP contribution in [0.5, 0.6) is 0 Å². The number of halogens is 1. The van der Waals surface area contributed by atoms with Crippen LogP contribution in [0.15, 0.2) is 48.5 Å². The van der Waals surface area contributed by atoms with Gasteiger partial charge in [0.25, 0.3) is 11.8 Å². The van der Waals surface area contributed by atoms with Crippen molar-refractivity contribution in [2.45, 2.75) is 6.10 Å². The fourth-order valence-corrected chi connectivity index (χ4v) is 2.60. The molecule has 4 nitrogen and oxygen atoms in total. The van der Waals surface area contributed by atoms with Crippen molar-refractivity contribution in [3.05, 3.63) is 70.2 Å². The van der Waals surface area contributed by atoms with E-state index in [2.05, 4.69) is 0 Å². The Morgan fingerprint density at radius 3 is 2.19 bits per heavy atom. The Labute approximate surface area is 126 Å². The third-order valence-electron chi connectivity index (χ3n) is 3.47. The maximum Gasteiger partial charge on any atom is 0.261 e. The molecule has 0 unspecified atom stereocenters. The number of carbonyl (C=O) groups excluding carboxylic acids is 2. The Morgan fingerprint density at radius 2 is 1.62 bits per heavy atom. The van der Waals surface area contributed by atoms with E-state index in [0.717, 1.165) is 4.90 Å². The molecule has 106 valence electrons. The lowest BCUT2D eigenvalue weighted by Crippen LogP contribution is -2.33. The molecule has 1 aliphatic heterocycles. The Balaban J connectivity index is 1.84. The van der Waals surface area contributed by atoms with Crippen molar-refractivity contribution in [2.24, 2.45) is 0 Å². The van der Waals surface area contributed by atoms with Gasteiger partial charge in [-0.3, -0.25) is 14.5 Å². The average Bonchev–Trinajstić information content (AvgIpc) is 2.73. The molecule has 0 saturated carbocycles. The molecule has 1 heterocycles. The minimum Gasteiger partial charge on any atom is -0.387 e.